The van der Waals surface area contributed by atoms with Crippen molar-refractivity contribution in [3.63, 3.8) is 0 Å². The Kier molecular flexibility index (Phi) is 7.84. The minimum atomic E-state index is 0. The Morgan fingerprint density at radius 2 is 2.07 bits per heavy atom. The van der Waals surface area contributed by atoms with Gasteiger partial charge in [0.15, 0.2) is 6.29 Å². The molecule has 0 amide bonds. The van der Waals surface area contributed by atoms with Gasteiger partial charge in [0.05, 0.1) is 6.61 Å². The van der Waals surface area contributed by atoms with Gasteiger partial charge in [-0.3, -0.25) is 0 Å². The normalized spacial score (nSPS) is 22.2. The molecule has 1 rings (SSSR count). The molecule has 3 heteroatoms. The van der Waals surface area contributed by atoms with Gasteiger partial charge in [0.1, 0.15) is 0 Å². The van der Waals surface area contributed by atoms with Gasteiger partial charge in [-0.05, 0) is 31.1 Å². The lowest BCUT2D eigenvalue weighted by Gasteiger charge is -2.29. The third-order valence-electron chi connectivity index (χ3n) is 2.72. The summed E-state index contributed by atoms with van der Waals surface area (Å²) in [6.45, 7) is 8.45. The van der Waals surface area contributed by atoms with Crippen LogP contribution in [0.3, 0.4) is 0 Å². The molecule has 1 saturated heterocycles. The van der Waals surface area contributed by atoms with E-state index in [1.807, 2.05) is 0 Å². The first-order valence-electron chi connectivity index (χ1n) is 5.87. The van der Waals surface area contributed by atoms with Crippen LogP contribution >= 0.6 is 17.0 Å². The van der Waals surface area contributed by atoms with Crippen molar-refractivity contribution in [2.75, 3.05) is 13.2 Å². The fraction of sp³-hybridized carbons (Fsp3) is 1.00. The molecular formula is C12H25BrO2. The third kappa shape index (κ3) is 6.54. The van der Waals surface area contributed by atoms with E-state index in [9.17, 15) is 0 Å². The zero-order valence-electron chi connectivity index (χ0n) is 10.3. The Labute approximate surface area is 104 Å². The van der Waals surface area contributed by atoms with E-state index in [2.05, 4.69) is 20.8 Å². The molecule has 2 nitrogen and oxygen atoms in total. The van der Waals surface area contributed by atoms with Gasteiger partial charge in [-0.25, -0.2) is 0 Å². The quantitative estimate of drug-likeness (QED) is 0.760. The molecule has 0 aliphatic carbocycles. The van der Waals surface area contributed by atoms with Gasteiger partial charge in [-0.1, -0.05) is 27.2 Å². The minimum absolute atomic E-state index is 0. The van der Waals surface area contributed by atoms with Crippen molar-refractivity contribution in [2.45, 2.75) is 59.2 Å². The molecule has 0 aromatic carbocycles. The molecule has 0 spiro atoms. The van der Waals surface area contributed by atoms with Gasteiger partial charge in [0.2, 0.25) is 0 Å². The van der Waals surface area contributed by atoms with E-state index in [1.54, 1.807) is 0 Å². The summed E-state index contributed by atoms with van der Waals surface area (Å²) in [6.07, 6.45) is 6.03. The average molecular weight is 281 g/mol. The third-order valence-corrected chi connectivity index (χ3v) is 2.72. The summed E-state index contributed by atoms with van der Waals surface area (Å²) < 4.78 is 11.3. The highest BCUT2D eigenvalue weighted by Gasteiger charge is 2.21. The Morgan fingerprint density at radius 3 is 2.60 bits per heavy atom. The van der Waals surface area contributed by atoms with Crippen molar-refractivity contribution in [1.29, 1.82) is 0 Å². The van der Waals surface area contributed by atoms with E-state index in [1.165, 1.54) is 25.7 Å². The van der Waals surface area contributed by atoms with Crippen LogP contribution < -0.4 is 0 Å². The zero-order chi connectivity index (χ0) is 10.4. The van der Waals surface area contributed by atoms with Crippen LogP contribution in [-0.4, -0.2) is 19.5 Å². The van der Waals surface area contributed by atoms with Crippen LogP contribution in [-0.2, 0) is 9.47 Å². The summed E-state index contributed by atoms with van der Waals surface area (Å²) in [6, 6.07) is 0. The fourth-order valence-electron chi connectivity index (χ4n) is 1.91. The smallest absolute Gasteiger partial charge is 0.157 e. The summed E-state index contributed by atoms with van der Waals surface area (Å²) in [5.41, 5.74) is 0.301. The molecule has 1 aliphatic heterocycles. The van der Waals surface area contributed by atoms with Gasteiger partial charge in [0, 0.05) is 6.61 Å². The molecule has 0 saturated carbocycles. The molecule has 0 N–H and O–H groups in total. The van der Waals surface area contributed by atoms with Crippen molar-refractivity contribution in [1.82, 2.24) is 0 Å². The zero-order valence-corrected chi connectivity index (χ0v) is 12.0. The molecular weight excluding hydrogens is 256 g/mol. The van der Waals surface area contributed by atoms with Crippen LogP contribution in [0.5, 0.6) is 0 Å². The number of ether oxygens (including phenoxy) is 2. The molecule has 15 heavy (non-hydrogen) atoms. The monoisotopic (exact) mass is 280 g/mol. The minimum Gasteiger partial charge on any atom is -0.353 e. The summed E-state index contributed by atoms with van der Waals surface area (Å²) >= 11 is 0. The first-order valence-corrected chi connectivity index (χ1v) is 5.87. The second-order valence-electron chi connectivity index (χ2n) is 5.02. The standard InChI is InChI=1S/C12H24O2.BrH/c1-4-8-12(2,3)10-14-11-7-5-6-9-13-11;/h11H,4-10H2,1-3H3;1H. The van der Waals surface area contributed by atoms with Gasteiger partial charge >= 0.3 is 0 Å². The largest absolute Gasteiger partial charge is 0.353 e. The highest BCUT2D eigenvalue weighted by molar-refractivity contribution is 8.93. The number of rotatable bonds is 5. The van der Waals surface area contributed by atoms with Gasteiger partial charge in [-0.15, -0.1) is 17.0 Å². The second kappa shape index (κ2) is 7.64. The first kappa shape index (κ1) is 15.4. The van der Waals surface area contributed by atoms with Gasteiger partial charge in [-0.2, -0.15) is 0 Å². The number of halogens is 1. The SMILES string of the molecule is Br.CCCC(C)(C)COC1CCCCO1. The molecule has 1 aliphatic rings. The van der Waals surface area contributed by atoms with Crippen molar-refractivity contribution in [3.05, 3.63) is 0 Å². The molecule has 92 valence electrons. The highest BCUT2D eigenvalue weighted by atomic mass is 79.9. The van der Waals surface area contributed by atoms with Gasteiger partial charge < -0.3 is 9.47 Å². The van der Waals surface area contributed by atoms with Crippen molar-refractivity contribution < 1.29 is 9.47 Å². The van der Waals surface area contributed by atoms with E-state index in [-0.39, 0.29) is 23.3 Å². The molecule has 1 fully saturated rings. The maximum atomic E-state index is 5.78. The Balaban J connectivity index is 0.00000196. The molecule has 1 unspecified atom stereocenters. The van der Waals surface area contributed by atoms with Crippen LogP contribution in [0.4, 0.5) is 0 Å². The molecule has 1 heterocycles. The average Bonchev–Trinajstić information content (AvgIpc) is 2.17. The van der Waals surface area contributed by atoms with Crippen molar-refractivity contribution in [3.8, 4) is 0 Å². The molecule has 0 radical (unpaired) electrons. The lowest BCUT2D eigenvalue weighted by atomic mass is 9.89. The van der Waals surface area contributed by atoms with Crippen LogP contribution in [0.1, 0.15) is 52.9 Å². The predicted molar refractivity (Wildman–Crippen MR) is 68.6 cm³/mol. The fourth-order valence-corrected chi connectivity index (χ4v) is 1.91. The summed E-state index contributed by atoms with van der Waals surface area (Å²) in [5.74, 6) is 0. The summed E-state index contributed by atoms with van der Waals surface area (Å²) in [7, 11) is 0. The Bertz CT molecular complexity index is 154. The van der Waals surface area contributed by atoms with Crippen LogP contribution in [0, 0.1) is 5.41 Å². The van der Waals surface area contributed by atoms with Crippen molar-refractivity contribution in [2.24, 2.45) is 5.41 Å². The van der Waals surface area contributed by atoms with Gasteiger partial charge in [0.25, 0.3) is 0 Å². The molecule has 1 atom stereocenters. The number of hydrogen-bond acceptors (Lipinski definition) is 2. The van der Waals surface area contributed by atoms with Crippen LogP contribution in [0.15, 0.2) is 0 Å². The molecule has 0 bridgehead atoms. The Morgan fingerprint density at radius 1 is 1.33 bits per heavy atom. The van der Waals surface area contributed by atoms with E-state index in [0.717, 1.165) is 19.6 Å². The molecule has 0 aromatic rings. The van der Waals surface area contributed by atoms with E-state index >= 15 is 0 Å². The van der Waals surface area contributed by atoms with E-state index < -0.39 is 0 Å². The maximum Gasteiger partial charge on any atom is 0.157 e. The van der Waals surface area contributed by atoms with Crippen molar-refractivity contribution >= 4 is 17.0 Å². The Hall–Kier alpha value is 0.400. The lowest BCUT2D eigenvalue weighted by Crippen LogP contribution is -2.28. The maximum absolute atomic E-state index is 5.78. The molecule has 0 aromatic heterocycles. The topological polar surface area (TPSA) is 18.5 Å². The highest BCUT2D eigenvalue weighted by Crippen LogP contribution is 2.24. The lowest BCUT2D eigenvalue weighted by molar-refractivity contribution is -0.176. The second-order valence-corrected chi connectivity index (χ2v) is 5.02. The van der Waals surface area contributed by atoms with E-state index in [0.29, 0.717) is 5.41 Å². The van der Waals surface area contributed by atoms with Crippen LogP contribution in [0.25, 0.3) is 0 Å². The number of hydrogen-bond donors (Lipinski definition) is 0. The predicted octanol–water partition coefficient (Wildman–Crippen LogP) is 3.93. The summed E-state index contributed by atoms with van der Waals surface area (Å²) in [4.78, 5) is 0. The van der Waals surface area contributed by atoms with Crippen LogP contribution in [0.2, 0.25) is 0 Å². The summed E-state index contributed by atoms with van der Waals surface area (Å²) in [5, 5.41) is 0. The first-order chi connectivity index (χ1) is 6.64. The van der Waals surface area contributed by atoms with E-state index in [4.69, 9.17) is 9.47 Å².